The predicted molar refractivity (Wildman–Crippen MR) is 99.6 cm³/mol. The average Bonchev–Trinajstić information content (AvgIpc) is 3.47. The highest BCUT2D eigenvalue weighted by Gasteiger charge is 2.23. The molecule has 0 amide bonds. The summed E-state index contributed by atoms with van der Waals surface area (Å²) in [6, 6.07) is 11.3. The molecule has 8 heteroatoms. The number of aromatic amines is 1. The van der Waals surface area contributed by atoms with E-state index < -0.39 is 6.10 Å². The summed E-state index contributed by atoms with van der Waals surface area (Å²) in [6.07, 6.45) is 4.11. The van der Waals surface area contributed by atoms with Crippen molar-refractivity contribution in [2.24, 2.45) is 0 Å². The monoisotopic (exact) mass is 378 g/mol. The normalized spacial score (nSPS) is 13.7. The minimum atomic E-state index is -0.841. The number of aliphatic hydroxyl groups is 1. The fourth-order valence-electron chi connectivity index (χ4n) is 3.03. The summed E-state index contributed by atoms with van der Waals surface area (Å²) in [5, 5.41) is 17.9. The maximum Gasteiger partial charge on any atom is 0.231 e. The number of H-pyrrole nitrogens is 1. The topological polar surface area (TPSA) is 93.2 Å². The highest BCUT2D eigenvalue weighted by molar-refractivity contribution is 7.19. The van der Waals surface area contributed by atoms with Gasteiger partial charge in [-0.2, -0.15) is 5.10 Å². The first-order valence-corrected chi connectivity index (χ1v) is 9.09. The van der Waals surface area contributed by atoms with Gasteiger partial charge in [0.2, 0.25) is 6.79 Å². The number of aromatic nitrogens is 4. The first-order chi connectivity index (χ1) is 13.3. The number of rotatable bonds is 4. The van der Waals surface area contributed by atoms with E-state index in [1.54, 1.807) is 29.8 Å². The molecule has 3 aromatic heterocycles. The molecule has 4 heterocycles. The van der Waals surface area contributed by atoms with Crippen molar-refractivity contribution < 1.29 is 14.6 Å². The van der Waals surface area contributed by atoms with E-state index in [0.717, 1.165) is 26.4 Å². The molecular weight excluding hydrogens is 364 g/mol. The van der Waals surface area contributed by atoms with Gasteiger partial charge in [-0.3, -0.25) is 10.1 Å². The minimum absolute atomic E-state index is 0.197. The maximum absolute atomic E-state index is 11.1. The van der Waals surface area contributed by atoms with Gasteiger partial charge in [-0.1, -0.05) is 6.07 Å². The van der Waals surface area contributed by atoms with Gasteiger partial charge in [0.05, 0.1) is 4.88 Å². The number of hydrogen-bond donors (Lipinski definition) is 2. The van der Waals surface area contributed by atoms with Crippen molar-refractivity contribution >= 4 is 11.3 Å². The highest BCUT2D eigenvalue weighted by Crippen LogP contribution is 2.42. The van der Waals surface area contributed by atoms with E-state index in [-0.39, 0.29) is 6.79 Å². The first kappa shape index (κ1) is 16.0. The van der Waals surface area contributed by atoms with Crippen molar-refractivity contribution in [1.29, 1.82) is 0 Å². The molecule has 1 aliphatic heterocycles. The second-order valence-corrected chi connectivity index (χ2v) is 7.03. The van der Waals surface area contributed by atoms with Crippen LogP contribution in [0.1, 0.15) is 17.2 Å². The van der Waals surface area contributed by atoms with Crippen LogP contribution in [0.2, 0.25) is 0 Å². The molecule has 1 aliphatic rings. The molecule has 0 unspecified atom stereocenters. The van der Waals surface area contributed by atoms with Crippen molar-refractivity contribution in [3.05, 3.63) is 66.2 Å². The number of aliphatic hydroxyl groups excluding tert-OH is 1. The van der Waals surface area contributed by atoms with Crippen LogP contribution in [-0.2, 0) is 0 Å². The lowest BCUT2D eigenvalue weighted by Crippen LogP contribution is -2.00. The Labute approximate surface area is 158 Å². The molecule has 1 aromatic carbocycles. The molecular formula is C19H14N4O3S. The summed E-state index contributed by atoms with van der Waals surface area (Å²) in [6.45, 7) is 0.197. The van der Waals surface area contributed by atoms with Crippen molar-refractivity contribution in [1.82, 2.24) is 20.2 Å². The van der Waals surface area contributed by atoms with E-state index in [0.29, 0.717) is 17.3 Å². The van der Waals surface area contributed by atoms with Gasteiger partial charge in [0.1, 0.15) is 12.4 Å². The molecule has 1 atom stereocenters. The van der Waals surface area contributed by atoms with Crippen molar-refractivity contribution in [3.63, 3.8) is 0 Å². The smallest absolute Gasteiger partial charge is 0.231 e. The van der Waals surface area contributed by atoms with Crippen LogP contribution in [0.15, 0.2) is 55.1 Å². The molecule has 4 aromatic rings. The molecule has 2 N–H and O–H groups in total. The number of nitrogens with one attached hydrogen (secondary N) is 1. The van der Waals surface area contributed by atoms with Gasteiger partial charge < -0.3 is 14.6 Å². The summed E-state index contributed by atoms with van der Waals surface area (Å²) in [4.78, 5) is 10.2. The van der Waals surface area contributed by atoms with Crippen LogP contribution in [0.25, 0.3) is 21.1 Å². The summed E-state index contributed by atoms with van der Waals surface area (Å²) in [5.74, 6) is 1.94. The Hall–Kier alpha value is -3.23. The second kappa shape index (κ2) is 6.49. The molecule has 0 saturated heterocycles. The minimum Gasteiger partial charge on any atom is -0.454 e. The quantitative estimate of drug-likeness (QED) is 0.565. The molecule has 0 spiro atoms. The number of benzene rings is 1. The SMILES string of the molecule is O[C@H](c1ccc2c(c1)OCO2)c1cc(-c2ccncc2)sc1-c1ncn[nH]1. The zero-order chi connectivity index (χ0) is 18.2. The summed E-state index contributed by atoms with van der Waals surface area (Å²) < 4.78 is 10.8. The van der Waals surface area contributed by atoms with Gasteiger partial charge in [-0.05, 0) is 41.5 Å². The number of pyridine rings is 1. The predicted octanol–water partition coefficient (Wildman–Crippen LogP) is 3.41. The molecule has 0 saturated carbocycles. The molecule has 27 heavy (non-hydrogen) atoms. The molecule has 0 aliphatic carbocycles. The van der Waals surface area contributed by atoms with Gasteiger partial charge in [0.15, 0.2) is 17.3 Å². The van der Waals surface area contributed by atoms with Crippen LogP contribution < -0.4 is 9.47 Å². The third-order valence-electron chi connectivity index (χ3n) is 4.36. The lowest BCUT2D eigenvalue weighted by atomic mass is 10.0. The van der Waals surface area contributed by atoms with Crippen molar-refractivity contribution in [3.8, 4) is 32.6 Å². The summed E-state index contributed by atoms with van der Waals surface area (Å²) >= 11 is 1.54. The highest BCUT2D eigenvalue weighted by atomic mass is 32.1. The van der Waals surface area contributed by atoms with Crippen LogP contribution in [0, 0.1) is 0 Å². The van der Waals surface area contributed by atoms with E-state index in [9.17, 15) is 5.11 Å². The molecule has 0 radical (unpaired) electrons. The van der Waals surface area contributed by atoms with E-state index >= 15 is 0 Å². The van der Waals surface area contributed by atoms with E-state index in [1.165, 1.54) is 6.33 Å². The molecule has 0 bridgehead atoms. The van der Waals surface area contributed by atoms with Crippen LogP contribution >= 0.6 is 11.3 Å². The standard InChI is InChI=1S/C19H14N4O3S/c24-17(12-1-2-14-15(7-12)26-10-25-14)13-8-16(11-3-5-20-6-4-11)27-18(13)19-21-9-22-23-19/h1-9,17,24H,10H2,(H,21,22,23)/t17-/m1/s1. The number of thiophene rings is 1. The maximum atomic E-state index is 11.1. The van der Waals surface area contributed by atoms with Crippen LogP contribution in [-0.4, -0.2) is 32.1 Å². The Bertz CT molecular complexity index is 1080. The Morgan fingerprint density at radius 2 is 1.93 bits per heavy atom. The van der Waals surface area contributed by atoms with Crippen LogP contribution in [0.5, 0.6) is 11.5 Å². The van der Waals surface area contributed by atoms with Crippen LogP contribution in [0.3, 0.4) is 0 Å². The van der Waals surface area contributed by atoms with E-state index in [1.807, 2.05) is 30.3 Å². The zero-order valence-corrected chi connectivity index (χ0v) is 14.8. The number of nitrogens with zero attached hydrogens (tertiary/aromatic N) is 3. The Morgan fingerprint density at radius 1 is 1.07 bits per heavy atom. The van der Waals surface area contributed by atoms with E-state index in [2.05, 4.69) is 20.2 Å². The van der Waals surface area contributed by atoms with Crippen molar-refractivity contribution in [2.45, 2.75) is 6.10 Å². The zero-order valence-electron chi connectivity index (χ0n) is 14.0. The number of ether oxygens (including phenoxy) is 2. The van der Waals surface area contributed by atoms with Crippen molar-refractivity contribution in [2.75, 3.05) is 6.79 Å². The Balaban J connectivity index is 1.61. The number of hydrogen-bond acceptors (Lipinski definition) is 7. The number of fused-ring (bicyclic) bond motifs is 1. The van der Waals surface area contributed by atoms with Gasteiger partial charge in [-0.25, -0.2) is 4.98 Å². The average molecular weight is 378 g/mol. The fraction of sp³-hybridized carbons (Fsp3) is 0.105. The van der Waals surface area contributed by atoms with Crippen LogP contribution in [0.4, 0.5) is 0 Å². The Kier molecular flexibility index (Phi) is 3.84. The third-order valence-corrected chi connectivity index (χ3v) is 5.57. The summed E-state index contributed by atoms with van der Waals surface area (Å²) in [7, 11) is 0. The third kappa shape index (κ3) is 2.84. The Morgan fingerprint density at radius 3 is 2.74 bits per heavy atom. The van der Waals surface area contributed by atoms with Gasteiger partial charge in [0, 0.05) is 22.8 Å². The molecule has 0 fully saturated rings. The fourth-order valence-corrected chi connectivity index (χ4v) is 4.17. The second-order valence-electron chi connectivity index (χ2n) is 5.98. The molecule has 134 valence electrons. The lowest BCUT2D eigenvalue weighted by Gasteiger charge is -2.12. The largest absolute Gasteiger partial charge is 0.454 e. The van der Waals surface area contributed by atoms with Gasteiger partial charge in [-0.15, -0.1) is 11.3 Å². The van der Waals surface area contributed by atoms with E-state index in [4.69, 9.17) is 9.47 Å². The molecule has 7 nitrogen and oxygen atoms in total. The van der Waals surface area contributed by atoms with Gasteiger partial charge >= 0.3 is 0 Å². The first-order valence-electron chi connectivity index (χ1n) is 8.27. The molecule has 5 rings (SSSR count). The summed E-state index contributed by atoms with van der Waals surface area (Å²) in [5.41, 5.74) is 2.50. The lowest BCUT2D eigenvalue weighted by molar-refractivity contribution is 0.173. The van der Waals surface area contributed by atoms with Gasteiger partial charge in [0.25, 0.3) is 0 Å².